The first-order valence-corrected chi connectivity index (χ1v) is 4.80. The van der Waals surface area contributed by atoms with Crippen LogP contribution in [-0.2, 0) is 9.59 Å². The van der Waals surface area contributed by atoms with Crippen molar-refractivity contribution in [1.29, 1.82) is 0 Å². The Morgan fingerprint density at radius 3 is 1.85 bits per heavy atom. The first-order valence-electron chi connectivity index (χ1n) is 4.80. The molecule has 1 amide bonds. The summed E-state index contributed by atoms with van der Waals surface area (Å²) in [6, 6.07) is -0.299. The third-order valence-corrected chi connectivity index (χ3v) is 2.32. The van der Waals surface area contributed by atoms with Crippen LogP contribution in [-0.4, -0.2) is 17.7 Å². The van der Waals surface area contributed by atoms with Crippen LogP contribution in [0.4, 0.5) is 0 Å². The highest BCUT2D eigenvalue weighted by molar-refractivity contribution is 5.86. The molecule has 0 aliphatic rings. The van der Waals surface area contributed by atoms with E-state index in [1.54, 1.807) is 0 Å². The standard InChI is InChI=1S/C10H19NO2/c1-5-9(6-2)10(7(3)12)11-8(4)13/h9-10H,5-6H2,1-4H3,(H,11,13). The summed E-state index contributed by atoms with van der Waals surface area (Å²) in [5, 5.41) is 2.69. The van der Waals surface area contributed by atoms with Crippen LogP contribution in [0.5, 0.6) is 0 Å². The van der Waals surface area contributed by atoms with Crippen LogP contribution < -0.4 is 5.32 Å². The summed E-state index contributed by atoms with van der Waals surface area (Å²) in [5.74, 6) is 0.178. The van der Waals surface area contributed by atoms with E-state index in [-0.39, 0.29) is 23.7 Å². The van der Waals surface area contributed by atoms with Gasteiger partial charge in [0.1, 0.15) is 0 Å². The molecule has 0 heterocycles. The molecule has 0 spiro atoms. The van der Waals surface area contributed by atoms with Crippen LogP contribution in [0.25, 0.3) is 0 Å². The number of hydrogen-bond acceptors (Lipinski definition) is 2. The number of hydrogen-bond donors (Lipinski definition) is 1. The van der Waals surface area contributed by atoms with Crippen molar-refractivity contribution in [3.8, 4) is 0 Å². The first-order chi connectivity index (χ1) is 6.02. The SMILES string of the molecule is CCC(CC)C(NC(C)=O)C(C)=O. The molecule has 0 fully saturated rings. The van der Waals surface area contributed by atoms with Crippen LogP contribution in [0.3, 0.4) is 0 Å². The van der Waals surface area contributed by atoms with Crippen LogP contribution >= 0.6 is 0 Å². The van der Waals surface area contributed by atoms with Crippen molar-refractivity contribution < 1.29 is 9.59 Å². The lowest BCUT2D eigenvalue weighted by atomic mass is 9.91. The zero-order valence-corrected chi connectivity index (χ0v) is 8.89. The second kappa shape index (κ2) is 5.73. The third kappa shape index (κ3) is 4.06. The summed E-state index contributed by atoms with van der Waals surface area (Å²) >= 11 is 0. The lowest BCUT2D eigenvalue weighted by molar-refractivity contribution is -0.126. The van der Waals surface area contributed by atoms with E-state index in [0.29, 0.717) is 0 Å². The second-order valence-electron chi connectivity index (χ2n) is 3.37. The number of Topliss-reactive ketones (excluding diaryl/α,β-unsaturated/α-hetero) is 1. The molecule has 0 saturated heterocycles. The molecule has 1 N–H and O–H groups in total. The summed E-state index contributed by atoms with van der Waals surface area (Å²) in [6.45, 7) is 7.04. The minimum atomic E-state index is -0.299. The molecular formula is C10H19NO2. The molecule has 1 unspecified atom stereocenters. The normalized spacial score (nSPS) is 12.7. The van der Waals surface area contributed by atoms with Crippen molar-refractivity contribution >= 4 is 11.7 Å². The molecule has 0 aliphatic carbocycles. The van der Waals surface area contributed by atoms with Gasteiger partial charge in [-0.05, 0) is 12.8 Å². The number of carbonyl (C=O) groups is 2. The molecule has 0 radical (unpaired) electrons. The number of ketones is 1. The molecule has 0 aliphatic heterocycles. The second-order valence-corrected chi connectivity index (χ2v) is 3.37. The molecule has 1 atom stereocenters. The zero-order chi connectivity index (χ0) is 10.4. The number of nitrogens with one attached hydrogen (secondary N) is 1. The Kier molecular flexibility index (Phi) is 5.35. The Hall–Kier alpha value is -0.860. The van der Waals surface area contributed by atoms with E-state index in [4.69, 9.17) is 0 Å². The van der Waals surface area contributed by atoms with Crippen LogP contribution in [0.15, 0.2) is 0 Å². The number of carbonyl (C=O) groups excluding carboxylic acids is 2. The molecule has 3 heteroatoms. The molecule has 0 bridgehead atoms. The Bertz CT molecular complexity index is 185. The summed E-state index contributed by atoms with van der Waals surface area (Å²) in [6.07, 6.45) is 1.84. The Balaban J connectivity index is 4.38. The fraction of sp³-hybridized carbons (Fsp3) is 0.800. The third-order valence-electron chi connectivity index (χ3n) is 2.32. The highest BCUT2D eigenvalue weighted by Gasteiger charge is 2.23. The van der Waals surface area contributed by atoms with Gasteiger partial charge >= 0.3 is 0 Å². The highest BCUT2D eigenvalue weighted by Crippen LogP contribution is 2.13. The lowest BCUT2D eigenvalue weighted by Crippen LogP contribution is -2.43. The summed E-state index contributed by atoms with van der Waals surface area (Å²) < 4.78 is 0. The maximum Gasteiger partial charge on any atom is 0.217 e. The van der Waals surface area contributed by atoms with Crippen molar-refractivity contribution in [2.24, 2.45) is 5.92 Å². The molecule has 0 rings (SSSR count). The minimum Gasteiger partial charge on any atom is -0.346 e. The van der Waals surface area contributed by atoms with Gasteiger partial charge in [0, 0.05) is 6.92 Å². The fourth-order valence-corrected chi connectivity index (χ4v) is 1.53. The van der Waals surface area contributed by atoms with Crippen LogP contribution in [0.1, 0.15) is 40.5 Å². The van der Waals surface area contributed by atoms with Gasteiger partial charge in [-0.2, -0.15) is 0 Å². The zero-order valence-electron chi connectivity index (χ0n) is 8.89. The van der Waals surface area contributed by atoms with E-state index in [9.17, 15) is 9.59 Å². The summed E-state index contributed by atoms with van der Waals surface area (Å²) in [7, 11) is 0. The molecule has 0 aromatic carbocycles. The Morgan fingerprint density at radius 1 is 1.15 bits per heavy atom. The molecule has 76 valence electrons. The van der Waals surface area contributed by atoms with Gasteiger partial charge < -0.3 is 5.32 Å². The van der Waals surface area contributed by atoms with E-state index in [1.807, 2.05) is 13.8 Å². The van der Waals surface area contributed by atoms with Gasteiger partial charge in [-0.3, -0.25) is 9.59 Å². The van der Waals surface area contributed by atoms with Crippen molar-refractivity contribution in [1.82, 2.24) is 5.32 Å². The molecule has 0 aromatic rings. The quantitative estimate of drug-likeness (QED) is 0.705. The van der Waals surface area contributed by atoms with Gasteiger partial charge in [0.15, 0.2) is 5.78 Å². The lowest BCUT2D eigenvalue weighted by Gasteiger charge is -2.23. The van der Waals surface area contributed by atoms with Gasteiger partial charge in [-0.1, -0.05) is 26.7 Å². The van der Waals surface area contributed by atoms with E-state index in [1.165, 1.54) is 13.8 Å². The van der Waals surface area contributed by atoms with Crippen molar-refractivity contribution in [3.63, 3.8) is 0 Å². The largest absolute Gasteiger partial charge is 0.346 e. The monoisotopic (exact) mass is 185 g/mol. The maximum absolute atomic E-state index is 11.2. The molecule has 13 heavy (non-hydrogen) atoms. The summed E-state index contributed by atoms with van der Waals surface area (Å²) in [5.41, 5.74) is 0. The van der Waals surface area contributed by atoms with Crippen LogP contribution in [0.2, 0.25) is 0 Å². The first kappa shape index (κ1) is 12.1. The van der Waals surface area contributed by atoms with Crippen molar-refractivity contribution in [2.75, 3.05) is 0 Å². The minimum absolute atomic E-state index is 0.0453. The Labute approximate surface area is 79.9 Å². The predicted octanol–water partition coefficient (Wildman–Crippen LogP) is 1.52. The van der Waals surface area contributed by atoms with Crippen LogP contribution in [0, 0.1) is 5.92 Å². The highest BCUT2D eigenvalue weighted by atomic mass is 16.2. The Morgan fingerprint density at radius 2 is 1.62 bits per heavy atom. The molecule has 3 nitrogen and oxygen atoms in total. The average Bonchev–Trinajstić information content (AvgIpc) is 2.04. The van der Waals surface area contributed by atoms with E-state index in [0.717, 1.165) is 12.8 Å². The smallest absolute Gasteiger partial charge is 0.217 e. The van der Waals surface area contributed by atoms with Crippen molar-refractivity contribution in [2.45, 2.75) is 46.6 Å². The van der Waals surface area contributed by atoms with E-state index < -0.39 is 0 Å². The van der Waals surface area contributed by atoms with Gasteiger partial charge in [0.05, 0.1) is 6.04 Å². The molecule has 0 saturated carbocycles. The van der Waals surface area contributed by atoms with E-state index in [2.05, 4.69) is 5.32 Å². The number of amides is 1. The summed E-state index contributed by atoms with van der Waals surface area (Å²) in [4.78, 5) is 22.1. The van der Waals surface area contributed by atoms with Crippen molar-refractivity contribution in [3.05, 3.63) is 0 Å². The van der Waals surface area contributed by atoms with Gasteiger partial charge in [-0.25, -0.2) is 0 Å². The average molecular weight is 185 g/mol. The van der Waals surface area contributed by atoms with Gasteiger partial charge in [0.2, 0.25) is 5.91 Å². The molecular weight excluding hydrogens is 166 g/mol. The van der Waals surface area contributed by atoms with E-state index >= 15 is 0 Å². The molecule has 0 aromatic heterocycles. The predicted molar refractivity (Wildman–Crippen MR) is 52.4 cm³/mol. The fourth-order valence-electron chi connectivity index (χ4n) is 1.53. The topological polar surface area (TPSA) is 46.2 Å². The maximum atomic E-state index is 11.2. The number of rotatable bonds is 5. The van der Waals surface area contributed by atoms with Gasteiger partial charge in [-0.15, -0.1) is 0 Å². The van der Waals surface area contributed by atoms with Gasteiger partial charge in [0.25, 0.3) is 0 Å².